The van der Waals surface area contributed by atoms with E-state index in [1.807, 2.05) is 0 Å². The summed E-state index contributed by atoms with van der Waals surface area (Å²) in [6.07, 6.45) is -15.7. The van der Waals surface area contributed by atoms with Crippen LogP contribution in [0.2, 0.25) is 10.0 Å². The average molecular weight is 483 g/mol. The Morgan fingerprint density at radius 2 is 1.50 bits per heavy atom. The lowest BCUT2D eigenvalue weighted by molar-refractivity contribution is -0.304. The molecular formula is C17H12Cl2F8N2O. The molecule has 0 aromatic heterocycles. The van der Waals surface area contributed by atoms with Crippen molar-refractivity contribution in [2.24, 2.45) is 0 Å². The van der Waals surface area contributed by atoms with E-state index in [0.717, 1.165) is 24.3 Å². The lowest BCUT2D eigenvalue weighted by Crippen LogP contribution is -2.45. The molecule has 166 valence electrons. The largest absolute Gasteiger partial charge is 0.439 e. The van der Waals surface area contributed by atoms with E-state index in [0.29, 0.717) is 0 Å². The third-order valence-corrected chi connectivity index (χ3v) is 4.16. The molecule has 0 spiro atoms. The van der Waals surface area contributed by atoms with E-state index in [2.05, 4.69) is 15.4 Å². The van der Waals surface area contributed by atoms with Gasteiger partial charge in [-0.3, -0.25) is 5.32 Å². The maximum absolute atomic E-state index is 13.5. The molecule has 2 rings (SSSR count). The van der Waals surface area contributed by atoms with Crippen LogP contribution in [0.3, 0.4) is 0 Å². The summed E-state index contributed by atoms with van der Waals surface area (Å²) in [5.74, 6) is -2.58. The SMILES string of the molecule is Fc1cccc(F)c1CNCNc1cc(Cl)c(OC(F)(F)C(F)C(F)(F)F)c(Cl)c1. The highest BCUT2D eigenvalue weighted by molar-refractivity contribution is 6.37. The molecule has 0 aliphatic heterocycles. The molecule has 2 N–H and O–H groups in total. The van der Waals surface area contributed by atoms with Gasteiger partial charge in [0.25, 0.3) is 6.17 Å². The van der Waals surface area contributed by atoms with Crippen LogP contribution in [-0.2, 0) is 6.54 Å². The third-order valence-electron chi connectivity index (χ3n) is 3.60. The summed E-state index contributed by atoms with van der Waals surface area (Å²) in [6.45, 7) is -0.285. The van der Waals surface area contributed by atoms with Crippen LogP contribution < -0.4 is 15.4 Å². The minimum atomic E-state index is -5.87. The van der Waals surface area contributed by atoms with Gasteiger partial charge in [0.05, 0.1) is 16.7 Å². The van der Waals surface area contributed by atoms with Crippen LogP contribution in [0.5, 0.6) is 5.75 Å². The van der Waals surface area contributed by atoms with Crippen molar-refractivity contribution in [1.82, 2.24) is 5.32 Å². The number of anilines is 1. The van der Waals surface area contributed by atoms with Crippen LogP contribution in [0.25, 0.3) is 0 Å². The van der Waals surface area contributed by atoms with E-state index < -0.39 is 45.9 Å². The Hall–Kier alpha value is -1.98. The first kappa shape index (κ1) is 24.3. The first-order valence-corrected chi connectivity index (χ1v) is 8.72. The molecule has 3 nitrogen and oxygen atoms in total. The molecule has 0 aliphatic rings. The summed E-state index contributed by atoms with van der Waals surface area (Å²) in [5, 5.41) is 4.05. The molecule has 0 amide bonds. The lowest BCUT2D eigenvalue weighted by Gasteiger charge is -2.24. The molecule has 13 heteroatoms. The van der Waals surface area contributed by atoms with E-state index in [4.69, 9.17) is 23.2 Å². The highest BCUT2D eigenvalue weighted by Crippen LogP contribution is 2.42. The molecule has 1 atom stereocenters. The predicted molar refractivity (Wildman–Crippen MR) is 94.7 cm³/mol. The number of rotatable bonds is 8. The Labute approximate surface area is 174 Å². The number of nitrogens with one attached hydrogen (secondary N) is 2. The van der Waals surface area contributed by atoms with E-state index in [1.54, 1.807) is 0 Å². The molecule has 30 heavy (non-hydrogen) atoms. The summed E-state index contributed by atoms with van der Waals surface area (Å²) in [4.78, 5) is 0. The molecule has 0 saturated heterocycles. The van der Waals surface area contributed by atoms with Gasteiger partial charge in [-0.2, -0.15) is 22.0 Å². The van der Waals surface area contributed by atoms with Crippen LogP contribution in [0.4, 0.5) is 40.8 Å². The second-order valence-corrected chi connectivity index (χ2v) is 6.63. The Kier molecular flexibility index (Phi) is 7.64. The fourth-order valence-electron chi connectivity index (χ4n) is 2.19. The van der Waals surface area contributed by atoms with Crippen LogP contribution in [0.15, 0.2) is 30.3 Å². The van der Waals surface area contributed by atoms with E-state index in [-0.39, 0.29) is 24.5 Å². The molecule has 0 aliphatic carbocycles. The Bertz CT molecular complexity index is 851. The van der Waals surface area contributed by atoms with Crippen molar-refractivity contribution in [3.05, 3.63) is 57.6 Å². The highest BCUT2D eigenvalue weighted by Gasteiger charge is 2.59. The van der Waals surface area contributed by atoms with Crippen molar-refractivity contribution < 1.29 is 39.9 Å². The lowest BCUT2D eigenvalue weighted by atomic mass is 10.2. The van der Waals surface area contributed by atoms with Gasteiger partial charge >= 0.3 is 12.3 Å². The number of hydrogen-bond donors (Lipinski definition) is 2. The summed E-state index contributed by atoms with van der Waals surface area (Å²) < 4.78 is 107. The molecule has 2 aromatic rings. The second-order valence-electron chi connectivity index (χ2n) is 5.82. The number of alkyl halides is 6. The van der Waals surface area contributed by atoms with Crippen LogP contribution in [0.1, 0.15) is 5.56 Å². The number of benzene rings is 2. The molecule has 1 unspecified atom stereocenters. The van der Waals surface area contributed by atoms with Gasteiger partial charge in [0.15, 0.2) is 5.75 Å². The van der Waals surface area contributed by atoms with E-state index >= 15 is 0 Å². The van der Waals surface area contributed by atoms with Crippen molar-refractivity contribution in [1.29, 1.82) is 0 Å². The molecule has 2 aromatic carbocycles. The predicted octanol–water partition coefficient (Wildman–Crippen LogP) is 6.30. The normalized spacial score (nSPS) is 13.3. The van der Waals surface area contributed by atoms with Gasteiger partial charge in [-0.15, -0.1) is 0 Å². The highest BCUT2D eigenvalue weighted by atomic mass is 35.5. The molecule has 0 fully saturated rings. The van der Waals surface area contributed by atoms with Gasteiger partial charge in [0, 0.05) is 17.8 Å². The molecule has 0 saturated carbocycles. The fourth-order valence-corrected chi connectivity index (χ4v) is 2.76. The summed E-state index contributed by atoms with van der Waals surface area (Å²) in [6, 6.07) is 5.30. The standard InChI is InChI=1S/C17H12Cl2F8N2O/c18-10-4-8(29-7-28-6-9-12(20)2-1-3-13(9)21)5-11(19)14(10)30-17(26,27)15(22)16(23,24)25/h1-5,15,28-29H,6-7H2. The van der Waals surface area contributed by atoms with Crippen LogP contribution >= 0.6 is 23.2 Å². The van der Waals surface area contributed by atoms with Gasteiger partial charge in [-0.1, -0.05) is 29.3 Å². The second kappa shape index (κ2) is 9.44. The van der Waals surface area contributed by atoms with Gasteiger partial charge < -0.3 is 10.1 Å². The van der Waals surface area contributed by atoms with Crippen molar-refractivity contribution in [3.8, 4) is 5.75 Å². The van der Waals surface area contributed by atoms with Gasteiger partial charge in [-0.25, -0.2) is 13.2 Å². The number of ether oxygens (including phenoxy) is 1. The molecule has 0 radical (unpaired) electrons. The Morgan fingerprint density at radius 1 is 0.967 bits per heavy atom. The summed E-state index contributed by atoms with van der Waals surface area (Å²) in [5.41, 5.74) is -0.110. The quantitative estimate of drug-likeness (QED) is 0.263. The first-order chi connectivity index (χ1) is 13.8. The van der Waals surface area contributed by atoms with Crippen molar-refractivity contribution >= 4 is 28.9 Å². The minimum Gasteiger partial charge on any atom is -0.427 e. The van der Waals surface area contributed by atoms with Gasteiger partial charge in [-0.05, 0) is 24.3 Å². The minimum absolute atomic E-state index is 0.0859. The molecular weight excluding hydrogens is 471 g/mol. The topological polar surface area (TPSA) is 33.3 Å². The number of hydrogen-bond acceptors (Lipinski definition) is 3. The fraction of sp³-hybridized carbons (Fsp3) is 0.294. The van der Waals surface area contributed by atoms with Gasteiger partial charge in [0.2, 0.25) is 0 Å². The van der Waals surface area contributed by atoms with Gasteiger partial charge in [0.1, 0.15) is 11.6 Å². The average Bonchev–Trinajstić information content (AvgIpc) is 2.62. The molecule has 0 heterocycles. The first-order valence-electron chi connectivity index (χ1n) is 7.97. The van der Waals surface area contributed by atoms with Crippen LogP contribution in [0, 0.1) is 11.6 Å². The Morgan fingerprint density at radius 3 is 2.00 bits per heavy atom. The smallest absolute Gasteiger partial charge is 0.427 e. The van der Waals surface area contributed by atoms with E-state index in [1.165, 1.54) is 6.07 Å². The summed E-state index contributed by atoms with van der Waals surface area (Å²) in [7, 11) is 0. The maximum Gasteiger partial charge on any atom is 0.439 e. The van der Waals surface area contributed by atoms with E-state index in [9.17, 15) is 35.1 Å². The monoisotopic (exact) mass is 482 g/mol. The zero-order chi connectivity index (χ0) is 22.7. The van der Waals surface area contributed by atoms with Crippen molar-refractivity contribution in [3.63, 3.8) is 0 Å². The maximum atomic E-state index is 13.5. The molecule has 0 bridgehead atoms. The van der Waals surface area contributed by atoms with Crippen molar-refractivity contribution in [2.45, 2.75) is 25.0 Å². The third kappa shape index (κ3) is 6.02. The van der Waals surface area contributed by atoms with Crippen LogP contribution in [-0.4, -0.2) is 25.1 Å². The Balaban J connectivity index is 2.02. The number of halogens is 10. The zero-order valence-electron chi connectivity index (χ0n) is 14.6. The summed E-state index contributed by atoms with van der Waals surface area (Å²) >= 11 is 11.4. The zero-order valence-corrected chi connectivity index (χ0v) is 16.1. The van der Waals surface area contributed by atoms with Crippen molar-refractivity contribution in [2.75, 3.05) is 12.0 Å².